The Hall–Kier alpha value is -1.32. The Balaban J connectivity index is 2.06. The van der Waals surface area contributed by atoms with Gasteiger partial charge in [-0.1, -0.05) is 13.8 Å². The van der Waals surface area contributed by atoms with Crippen LogP contribution in [-0.2, 0) is 0 Å². The van der Waals surface area contributed by atoms with Crippen LogP contribution in [0.4, 0.5) is 5.82 Å². The van der Waals surface area contributed by atoms with Crippen LogP contribution < -0.4 is 10.1 Å². The summed E-state index contributed by atoms with van der Waals surface area (Å²) in [6.45, 7) is 6.64. The van der Waals surface area contributed by atoms with Crippen molar-refractivity contribution in [3.63, 3.8) is 0 Å². The molecule has 18 heavy (non-hydrogen) atoms. The third-order valence-corrected chi connectivity index (χ3v) is 4.10. The van der Waals surface area contributed by atoms with Crippen LogP contribution in [0.2, 0.25) is 0 Å². The molecule has 0 aliphatic heterocycles. The Kier molecular flexibility index (Phi) is 4.04. The second kappa shape index (κ2) is 5.55. The second-order valence-electron chi connectivity index (χ2n) is 5.41. The fraction of sp³-hybridized carbons (Fsp3) is 0.714. The van der Waals surface area contributed by atoms with Gasteiger partial charge in [0.25, 0.3) is 0 Å². The van der Waals surface area contributed by atoms with Crippen molar-refractivity contribution in [2.45, 2.75) is 46.1 Å². The van der Waals surface area contributed by atoms with Crippen molar-refractivity contribution in [3.8, 4) is 5.88 Å². The number of nitrogens with one attached hydrogen (secondary N) is 1. The highest BCUT2D eigenvalue weighted by molar-refractivity contribution is 5.46. The van der Waals surface area contributed by atoms with Gasteiger partial charge in [-0.05, 0) is 38.0 Å². The molecule has 100 valence electrons. The van der Waals surface area contributed by atoms with Gasteiger partial charge in [0.1, 0.15) is 18.2 Å². The van der Waals surface area contributed by atoms with Crippen LogP contribution in [0.5, 0.6) is 5.88 Å². The van der Waals surface area contributed by atoms with Gasteiger partial charge in [0.05, 0.1) is 5.56 Å². The molecule has 0 radical (unpaired) electrons. The molecule has 0 saturated heterocycles. The summed E-state index contributed by atoms with van der Waals surface area (Å²) < 4.78 is 6.06. The molecular weight excluding hydrogens is 226 g/mol. The summed E-state index contributed by atoms with van der Waals surface area (Å²) in [4.78, 5) is 8.43. The molecule has 1 aliphatic rings. The lowest BCUT2D eigenvalue weighted by Crippen LogP contribution is -2.29. The first kappa shape index (κ1) is 13.1. The maximum atomic E-state index is 6.06. The van der Waals surface area contributed by atoms with E-state index in [-0.39, 0.29) is 0 Å². The molecule has 3 unspecified atom stereocenters. The minimum Gasteiger partial charge on any atom is -0.474 e. The van der Waals surface area contributed by atoms with E-state index in [0.717, 1.165) is 41.9 Å². The van der Waals surface area contributed by atoms with E-state index in [9.17, 15) is 0 Å². The molecule has 4 heteroatoms. The van der Waals surface area contributed by atoms with Gasteiger partial charge in [0.2, 0.25) is 5.88 Å². The molecule has 1 fully saturated rings. The highest BCUT2D eigenvalue weighted by atomic mass is 16.5. The Morgan fingerprint density at radius 1 is 1.22 bits per heavy atom. The molecule has 1 aromatic heterocycles. The van der Waals surface area contributed by atoms with Gasteiger partial charge in [-0.2, -0.15) is 0 Å². The number of ether oxygens (including phenoxy) is 1. The first-order valence-electron chi connectivity index (χ1n) is 6.77. The van der Waals surface area contributed by atoms with E-state index in [1.165, 1.54) is 6.42 Å². The van der Waals surface area contributed by atoms with Crippen LogP contribution in [0, 0.1) is 18.8 Å². The van der Waals surface area contributed by atoms with E-state index in [1.54, 1.807) is 6.33 Å². The molecule has 0 bridgehead atoms. The lowest BCUT2D eigenvalue weighted by Gasteiger charge is -2.32. The topological polar surface area (TPSA) is 47.0 Å². The van der Waals surface area contributed by atoms with Crippen LogP contribution in [0.25, 0.3) is 0 Å². The largest absolute Gasteiger partial charge is 0.474 e. The zero-order valence-electron chi connectivity index (χ0n) is 11.7. The standard InChI is InChI=1S/C14H23N3O/c1-9-5-6-12(7-10(9)2)18-14-11(3)13(15-4)16-8-17-14/h8-10,12H,5-7H2,1-4H3,(H,15,16,17). The summed E-state index contributed by atoms with van der Waals surface area (Å²) in [5.41, 5.74) is 0.992. The molecule has 1 aromatic rings. The average Bonchev–Trinajstić information content (AvgIpc) is 2.36. The van der Waals surface area contributed by atoms with Crippen LogP contribution in [0.3, 0.4) is 0 Å². The summed E-state index contributed by atoms with van der Waals surface area (Å²) in [6.07, 6.45) is 5.36. The minimum absolute atomic E-state index is 0.300. The van der Waals surface area contributed by atoms with E-state index in [0.29, 0.717) is 6.10 Å². The average molecular weight is 249 g/mol. The maximum Gasteiger partial charge on any atom is 0.221 e. The molecule has 1 aliphatic carbocycles. The number of aromatic nitrogens is 2. The Morgan fingerprint density at radius 3 is 2.67 bits per heavy atom. The van der Waals surface area contributed by atoms with Crippen molar-refractivity contribution in [2.75, 3.05) is 12.4 Å². The molecule has 2 rings (SSSR count). The SMILES string of the molecule is CNc1ncnc(OC2CCC(C)C(C)C2)c1C. The zero-order chi connectivity index (χ0) is 13.1. The first-order chi connectivity index (χ1) is 8.61. The van der Waals surface area contributed by atoms with Crippen molar-refractivity contribution in [3.05, 3.63) is 11.9 Å². The Labute approximate surface area is 109 Å². The van der Waals surface area contributed by atoms with E-state index in [1.807, 2.05) is 14.0 Å². The van der Waals surface area contributed by atoms with Crippen molar-refractivity contribution < 1.29 is 4.74 Å². The number of anilines is 1. The lowest BCUT2D eigenvalue weighted by atomic mass is 9.80. The number of hydrogen-bond acceptors (Lipinski definition) is 4. The summed E-state index contributed by atoms with van der Waals surface area (Å²) in [6, 6.07) is 0. The third-order valence-electron chi connectivity index (χ3n) is 4.10. The Bertz CT molecular complexity index is 408. The lowest BCUT2D eigenvalue weighted by molar-refractivity contribution is 0.0957. The first-order valence-corrected chi connectivity index (χ1v) is 6.77. The highest BCUT2D eigenvalue weighted by Crippen LogP contribution is 2.32. The van der Waals surface area contributed by atoms with Crippen molar-refractivity contribution in [2.24, 2.45) is 11.8 Å². The van der Waals surface area contributed by atoms with Gasteiger partial charge < -0.3 is 10.1 Å². The van der Waals surface area contributed by atoms with Crippen molar-refractivity contribution >= 4 is 5.82 Å². The van der Waals surface area contributed by atoms with E-state index in [2.05, 4.69) is 29.1 Å². The van der Waals surface area contributed by atoms with Gasteiger partial charge in [-0.3, -0.25) is 0 Å². The van der Waals surface area contributed by atoms with Gasteiger partial charge in [-0.25, -0.2) is 9.97 Å². The fourth-order valence-corrected chi connectivity index (χ4v) is 2.57. The van der Waals surface area contributed by atoms with Gasteiger partial charge in [0.15, 0.2) is 0 Å². The fourth-order valence-electron chi connectivity index (χ4n) is 2.57. The third kappa shape index (κ3) is 2.74. The number of rotatable bonds is 3. The zero-order valence-corrected chi connectivity index (χ0v) is 11.7. The summed E-state index contributed by atoms with van der Waals surface area (Å²) in [7, 11) is 1.86. The normalized spacial score (nSPS) is 27.9. The Morgan fingerprint density at radius 2 is 2.00 bits per heavy atom. The van der Waals surface area contributed by atoms with Crippen molar-refractivity contribution in [1.82, 2.24) is 9.97 Å². The number of hydrogen-bond donors (Lipinski definition) is 1. The van der Waals surface area contributed by atoms with Gasteiger partial charge in [0, 0.05) is 7.05 Å². The molecule has 0 spiro atoms. The molecule has 3 atom stereocenters. The number of nitrogens with zero attached hydrogens (tertiary/aromatic N) is 2. The smallest absolute Gasteiger partial charge is 0.221 e. The second-order valence-corrected chi connectivity index (χ2v) is 5.41. The summed E-state index contributed by atoms with van der Waals surface area (Å²) in [5, 5.41) is 3.06. The van der Waals surface area contributed by atoms with Gasteiger partial charge >= 0.3 is 0 Å². The van der Waals surface area contributed by atoms with Crippen LogP contribution in [-0.4, -0.2) is 23.1 Å². The minimum atomic E-state index is 0.300. The van der Waals surface area contributed by atoms with Crippen LogP contribution in [0.15, 0.2) is 6.33 Å². The molecule has 0 aromatic carbocycles. The summed E-state index contributed by atoms with van der Waals surface area (Å²) in [5.74, 6) is 3.11. The van der Waals surface area contributed by atoms with E-state index >= 15 is 0 Å². The molecule has 4 nitrogen and oxygen atoms in total. The molecule has 1 heterocycles. The molecular formula is C14H23N3O. The summed E-state index contributed by atoms with van der Waals surface area (Å²) >= 11 is 0. The maximum absolute atomic E-state index is 6.06. The van der Waals surface area contributed by atoms with E-state index < -0.39 is 0 Å². The molecule has 0 amide bonds. The molecule has 1 N–H and O–H groups in total. The van der Waals surface area contributed by atoms with Gasteiger partial charge in [-0.15, -0.1) is 0 Å². The monoisotopic (exact) mass is 249 g/mol. The molecule has 1 saturated carbocycles. The van der Waals surface area contributed by atoms with Crippen LogP contribution in [0.1, 0.15) is 38.7 Å². The predicted molar refractivity (Wildman–Crippen MR) is 72.9 cm³/mol. The van der Waals surface area contributed by atoms with E-state index in [4.69, 9.17) is 4.74 Å². The van der Waals surface area contributed by atoms with Crippen molar-refractivity contribution in [1.29, 1.82) is 0 Å². The highest BCUT2D eigenvalue weighted by Gasteiger charge is 2.26. The predicted octanol–water partition coefficient (Wildman–Crippen LogP) is 3.03. The van der Waals surface area contributed by atoms with Crippen LogP contribution >= 0.6 is 0 Å². The quantitative estimate of drug-likeness (QED) is 0.894.